The number of carbonyl (C=O) groups is 1. The fraction of sp³-hybridized carbons (Fsp3) is 0.941. The van der Waals surface area contributed by atoms with Gasteiger partial charge in [0.25, 0.3) is 0 Å². The highest BCUT2D eigenvalue weighted by Crippen LogP contribution is 2.64. The van der Waals surface area contributed by atoms with Crippen molar-refractivity contribution >= 4 is 15.8 Å². The van der Waals surface area contributed by atoms with Crippen molar-refractivity contribution in [2.45, 2.75) is 65.6 Å². The van der Waals surface area contributed by atoms with Crippen molar-refractivity contribution in [3.8, 4) is 0 Å². The molecule has 3 aliphatic rings. The predicted octanol–water partition coefficient (Wildman–Crippen LogP) is 2.21. The summed E-state index contributed by atoms with van der Waals surface area (Å²) in [6, 6.07) is 0. The molecule has 1 saturated heterocycles. The van der Waals surface area contributed by atoms with E-state index in [0.717, 1.165) is 6.42 Å². The Labute approximate surface area is 139 Å². The summed E-state index contributed by atoms with van der Waals surface area (Å²) in [4.78, 5) is 12.6. The van der Waals surface area contributed by atoms with Gasteiger partial charge in [-0.1, -0.05) is 13.8 Å². The van der Waals surface area contributed by atoms with Gasteiger partial charge in [-0.3, -0.25) is 4.79 Å². The van der Waals surface area contributed by atoms with E-state index in [-0.39, 0.29) is 23.1 Å². The van der Waals surface area contributed by atoms with Crippen LogP contribution in [0, 0.1) is 16.7 Å². The summed E-state index contributed by atoms with van der Waals surface area (Å²) in [5.41, 5.74) is -1.40. The van der Waals surface area contributed by atoms with E-state index >= 15 is 0 Å². The van der Waals surface area contributed by atoms with Gasteiger partial charge in [0.05, 0.1) is 17.5 Å². The molecular weight excluding hydrogens is 314 g/mol. The normalized spacial score (nSPS) is 39.8. The van der Waals surface area contributed by atoms with Gasteiger partial charge in [0, 0.05) is 24.9 Å². The number of Topliss-reactive ketones (excluding diaryl/α,β-unsaturated/α-hetero) is 1. The molecule has 0 radical (unpaired) electrons. The van der Waals surface area contributed by atoms with Crippen molar-refractivity contribution in [3.63, 3.8) is 0 Å². The Morgan fingerprint density at radius 2 is 1.91 bits per heavy atom. The van der Waals surface area contributed by atoms with E-state index in [1.807, 2.05) is 20.8 Å². The van der Waals surface area contributed by atoms with Crippen molar-refractivity contribution in [2.75, 3.05) is 18.8 Å². The van der Waals surface area contributed by atoms with Crippen LogP contribution in [-0.4, -0.2) is 49.1 Å². The molecule has 2 aliphatic carbocycles. The van der Waals surface area contributed by atoms with Gasteiger partial charge in [-0.05, 0) is 44.9 Å². The van der Waals surface area contributed by atoms with Crippen molar-refractivity contribution in [1.29, 1.82) is 0 Å². The number of fused-ring (bicyclic) bond motifs is 2. The number of hydrogen-bond acceptors (Lipinski definition) is 4. The van der Waals surface area contributed by atoms with Crippen LogP contribution in [-0.2, 0) is 19.6 Å². The summed E-state index contributed by atoms with van der Waals surface area (Å²) in [7, 11) is -3.49. The number of carbonyl (C=O) groups excluding carboxylic acids is 1. The molecule has 0 aromatic carbocycles. The van der Waals surface area contributed by atoms with Gasteiger partial charge in [0.1, 0.15) is 5.78 Å². The maximum atomic E-state index is 13.1. The van der Waals surface area contributed by atoms with Crippen LogP contribution in [0.1, 0.15) is 53.9 Å². The quantitative estimate of drug-likeness (QED) is 0.788. The molecule has 1 heterocycles. The molecule has 0 aromatic heterocycles. The zero-order valence-corrected chi connectivity index (χ0v) is 15.7. The lowest BCUT2D eigenvalue weighted by atomic mass is 9.70. The first-order valence-corrected chi connectivity index (χ1v) is 10.2. The average Bonchev–Trinajstić information content (AvgIpc) is 2.69. The second-order valence-corrected chi connectivity index (χ2v) is 10.9. The van der Waals surface area contributed by atoms with E-state index in [1.165, 1.54) is 0 Å². The average molecular weight is 343 g/mol. The molecule has 132 valence electrons. The van der Waals surface area contributed by atoms with E-state index in [1.54, 1.807) is 4.31 Å². The first-order chi connectivity index (χ1) is 10.4. The van der Waals surface area contributed by atoms with Crippen LogP contribution in [0.3, 0.4) is 0 Å². The summed E-state index contributed by atoms with van der Waals surface area (Å²) >= 11 is 0. The molecule has 2 saturated carbocycles. The number of morpholine rings is 1. The third kappa shape index (κ3) is 2.57. The molecule has 2 bridgehead atoms. The Morgan fingerprint density at radius 1 is 1.26 bits per heavy atom. The van der Waals surface area contributed by atoms with E-state index in [9.17, 15) is 13.2 Å². The first-order valence-electron chi connectivity index (χ1n) is 8.59. The number of ketones is 1. The molecule has 1 aliphatic heterocycles. The first kappa shape index (κ1) is 17.4. The number of ether oxygens (including phenoxy) is 1. The van der Waals surface area contributed by atoms with Gasteiger partial charge in [-0.15, -0.1) is 0 Å². The molecule has 3 rings (SSSR count). The monoisotopic (exact) mass is 343 g/mol. The second kappa shape index (κ2) is 5.02. The lowest BCUT2D eigenvalue weighted by Crippen LogP contribution is -2.56. The number of hydrogen-bond donors (Lipinski definition) is 0. The van der Waals surface area contributed by atoms with E-state index in [2.05, 4.69) is 13.8 Å². The zero-order valence-electron chi connectivity index (χ0n) is 14.9. The Kier molecular flexibility index (Phi) is 3.79. The van der Waals surface area contributed by atoms with Crippen LogP contribution in [0.15, 0.2) is 0 Å². The fourth-order valence-corrected chi connectivity index (χ4v) is 7.55. The minimum Gasteiger partial charge on any atom is -0.370 e. The molecule has 3 unspecified atom stereocenters. The van der Waals surface area contributed by atoms with Gasteiger partial charge >= 0.3 is 0 Å². The van der Waals surface area contributed by atoms with Crippen LogP contribution in [0.2, 0.25) is 0 Å². The topological polar surface area (TPSA) is 63.7 Å². The summed E-state index contributed by atoms with van der Waals surface area (Å²) < 4.78 is 33.6. The molecule has 0 N–H and O–H groups in total. The summed E-state index contributed by atoms with van der Waals surface area (Å²) in [5.74, 6) is 0.457. The molecule has 5 nitrogen and oxygen atoms in total. The van der Waals surface area contributed by atoms with Crippen molar-refractivity contribution in [3.05, 3.63) is 0 Å². The Morgan fingerprint density at radius 3 is 2.39 bits per heavy atom. The molecular formula is C17H29NO4S. The van der Waals surface area contributed by atoms with Gasteiger partial charge in [-0.2, -0.15) is 4.31 Å². The molecule has 0 spiro atoms. The zero-order chi connectivity index (χ0) is 17.3. The van der Waals surface area contributed by atoms with Crippen LogP contribution in [0.25, 0.3) is 0 Å². The van der Waals surface area contributed by atoms with E-state index < -0.39 is 21.0 Å². The minimum absolute atomic E-state index is 0.0366. The smallest absolute Gasteiger partial charge is 0.215 e. The lowest BCUT2D eigenvalue weighted by molar-refractivity contribution is -0.128. The number of sulfonamides is 1. The Hall–Kier alpha value is -0.460. The lowest BCUT2D eigenvalue weighted by Gasteiger charge is -2.43. The molecule has 6 heteroatoms. The third-order valence-corrected chi connectivity index (χ3v) is 8.42. The molecule has 3 fully saturated rings. The second-order valence-electron chi connectivity index (χ2n) is 8.90. The molecule has 0 aromatic rings. The largest absolute Gasteiger partial charge is 0.370 e. The highest BCUT2D eigenvalue weighted by atomic mass is 32.2. The number of nitrogens with zero attached hydrogens (tertiary/aromatic N) is 1. The van der Waals surface area contributed by atoms with Gasteiger partial charge in [-0.25, -0.2) is 8.42 Å². The Bertz CT molecular complexity index is 625. The minimum atomic E-state index is -3.49. The van der Waals surface area contributed by atoms with Crippen molar-refractivity contribution in [2.24, 2.45) is 16.7 Å². The Balaban J connectivity index is 1.88. The van der Waals surface area contributed by atoms with Gasteiger partial charge < -0.3 is 4.74 Å². The van der Waals surface area contributed by atoms with Crippen LogP contribution in [0.5, 0.6) is 0 Å². The molecule has 3 atom stereocenters. The number of rotatable bonds is 3. The van der Waals surface area contributed by atoms with E-state index in [4.69, 9.17) is 4.74 Å². The van der Waals surface area contributed by atoms with E-state index in [0.29, 0.717) is 31.8 Å². The standard InChI is InChI=1S/C17H29NO4S/c1-12-9-18(10-15(2,3)22-12)23(20,21)11-17-7-6-13(8-14(17)19)16(17,4)5/h12-13H,6-11H2,1-5H3. The predicted molar refractivity (Wildman–Crippen MR) is 88.5 cm³/mol. The van der Waals surface area contributed by atoms with Gasteiger partial charge in [0.15, 0.2) is 0 Å². The van der Waals surface area contributed by atoms with Crippen LogP contribution < -0.4 is 0 Å². The third-order valence-electron chi connectivity index (χ3n) is 6.50. The fourth-order valence-electron chi connectivity index (χ4n) is 5.12. The van der Waals surface area contributed by atoms with Crippen LogP contribution >= 0.6 is 0 Å². The molecule has 23 heavy (non-hydrogen) atoms. The van der Waals surface area contributed by atoms with Crippen molar-refractivity contribution < 1.29 is 17.9 Å². The highest BCUT2D eigenvalue weighted by molar-refractivity contribution is 7.89. The SMILES string of the molecule is CC1CN(S(=O)(=O)CC23CCC(CC2=O)C3(C)C)CC(C)(C)O1. The summed E-state index contributed by atoms with van der Waals surface area (Å²) in [6.45, 7) is 10.6. The summed E-state index contributed by atoms with van der Waals surface area (Å²) in [5, 5.41) is 0. The molecule has 0 amide bonds. The maximum Gasteiger partial charge on any atom is 0.215 e. The van der Waals surface area contributed by atoms with Gasteiger partial charge in [0.2, 0.25) is 10.0 Å². The highest BCUT2D eigenvalue weighted by Gasteiger charge is 2.65. The van der Waals surface area contributed by atoms with Crippen LogP contribution in [0.4, 0.5) is 0 Å². The summed E-state index contributed by atoms with van der Waals surface area (Å²) in [6.07, 6.45) is 2.10. The van der Waals surface area contributed by atoms with Crippen molar-refractivity contribution in [1.82, 2.24) is 4.31 Å². The maximum absolute atomic E-state index is 13.1.